The predicted octanol–water partition coefficient (Wildman–Crippen LogP) is 5.89. The van der Waals surface area contributed by atoms with Crippen LogP contribution in [0.3, 0.4) is 0 Å². The van der Waals surface area contributed by atoms with Gasteiger partial charge in [0.2, 0.25) is 0 Å². The Morgan fingerprint density at radius 2 is 1.24 bits per heavy atom. The van der Waals surface area contributed by atoms with E-state index in [9.17, 15) is 23.2 Å². The van der Waals surface area contributed by atoms with Crippen LogP contribution in [-0.4, -0.2) is 23.2 Å². The minimum Gasteiger partial charge on any atom is -0.508 e. The number of phenolic OH excluding ortho intramolecular Hbond substituents is 2. The van der Waals surface area contributed by atoms with Gasteiger partial charge in [-0.1, -0.05) is 82.8 Å². The van der Waals surface area contributed by atoms with Crippen molar-refractivity contribution in [1.29, 1.82) is 0 Å². The molecule has 0 spiro atoms. The second-order valence-electron chi connectivity index (χ2n) is 6.03. The fourth-order valence-corrected chi connectivity index (χ4v) is 5.58. The van der Waals surface area contributed by atoms with Gasteiger partial charge in [-0.2, -0.15) is 8.42 Å². The molecule has 5 nitrogen and oxygen atoms in total. The van der Waals surface area contributed by atoms with Crippen LogP contribution in [0.1, 0.15) is 16.7 Å². The first-order chi connectivity index (χ1) is 13.5. The third-order valence-corrected chi connectivity index (χ3v) is 7.57. The van der Waals surface area contributed by atoms with Gasteiger partial charge < -0.3 is 10.2 Å². The summed E-state index contributed by atoms with van der Waals surface area (Å²) >= 11 is 24.8. The lowest BCUT2D eigenvalue weighted by Crippen LogP contribution is -2.39. The smallest absolute Gasteiger partial charge is 0.283 e. The van der Waals surface area contributed by atoms with Crippen molar-refractivity contribution in [1.82, 2.24) is 0 Å². The summed E-state index contributed by atoms with van der Waals surface area (Å²) in [4.78, 5) is 0. The van der Waals surface area contributed by atoms with Crippen molar-refractivity contribution >= 4 is 56.5 Å². The predicted molar refractivity (Wildman–Crippen MR) is 114 cm³/mol. The molecule has 1 atom stereocenters. The zero-order valence-electron chi connectivity index (χ0n) is 14.3. The van der Waals surface area contributed by atoms with E-state index in [1.807, 2.05) is 0 Å². The van der Waals surface area contributed by atoms with Crippen molar-refractivity contribution in [2.75, 3.05) is 0 Å². The Morgan fingerprint density at radius 3 is 1.86 bits per heavy atom. The molecule has 0 radical (unpaired) electrons. The minimum atomic E-state index is -5.13. The lowest BCUT2D eigenvalue weighted by atomic mass is 9.83. The summed E-state index contributed by atoms with van der Waals surface area (Å²) in [6.45, 7) is 0. The van der Waals surface area contributed by atoms with Gasteiger partial charge in [0.1, 0.15) is 16.5 Å². The van der Waals surface area contributed by atoms with E-state index in [4.69, 9.17) is 46.4 Å². The van der Waals surface area contributed by atoms with Crippen LogP contribution < -0.4 is 0 Å². The third kappa shape index (κ3) is 3.44. The normalized spacial score (nSPS) is 13.8. The Labute approximate surface area is 186 Å². The van der Waals surface area contributed by atoms with Crippen molar-refractivity contribution in [3.8, 4) is 11.5 Å². The highest BCUT2D eigenvalue weighted by Gasteiger charge is 2.52. The number of hydrogen-bond acceptors (Lipinski definition) is 4. The van der Waals surface area contributed by atoms with E-state index in [1.54, 1.807) is 0 Å². The molecule has 1 unspecified atom stereocenters. The highest BCUT2D eigenvalue weighted by atomic mass is 35.5. The highest BCUT2D eigenvalue weighted by Crippen LogP contribution is 2.53. The molecule has 10 heteroatoms. The first-order valence-corrected chi connectivity index (χ1v) is 10.9. The fourth-order valence-electron chi connectivity index (χ4n) is 3.21. The Balaban J connectivity index is 2.66. The van der Waals surface area contributed by atoms with Crippen LogP contribution in [0.25, 0.3) is 0 Å². The van der Waals surface area contributed by atoms with E-state index < -0.39 is 26.4 Å². The van der Waals surface area contributed by atoms with Crippen molar-refractivity contribution in [3.05, 3.63) is 91.4 Å². The monoisotopic (exact) mass is 492 g/mol. The van der Waals surface area contributed by atoms with Gasteiger partial charge in [-0.05, 0) is 18.2 Å². The van der Waals surface area contributed by atoms with Crippen LogP contribution >= 0.6 is 46.4 Å². The lowest BCUT2D eigenvalue weighted by Gasteiger charge is -2.34. The average molecular weight is 494 g/mol. The minimum absolute atomic E-state index is 0.00797. The van der Waals surface area contributed by atoms with E-state index in [-0.39, 0.29) is 36.8 Å². The van der Waals surface area contributed by atoms with Crippen LogP contribution in [0.15, 0.2) is 54.6 Å². The molecule has 0 aromatic heterocycles. The molecular formula is C19H12Cl4O5S. The van der Waals surface area contributed by atoms with Gasteiger partial charge in [-0.3, -0.25) is 4.55 Å². The molecule has 0 saturated carbocycles. The second kappa shape index (κ2) is 7.87. The van der Waals surface area contributed by atoms with Gasteiger partial charge >= 0.3 is 0 Å². The summed E-state index contributed by atoms with van der Waals surface area (Å²) < 4.78 is 34.0. The molecule has 0 fully saturated rings. The summed E-state index contributed by atoms with van der Waals surface area (Å²) in [5.41, 5.74) is -0.648. The van der Waals surface area contributed by atoms with Gasteiger partial charge in [0.05, 0.1) is 15.1 Å². The van der Waals surface area contributed by atoms with Crippen LogP contribution in [0.5, 0.6) is 11.5 Å². The number of rotatable bonds is 4. The van der Waals surface area contributed by atoms with Crippen molar-refractivity contribution in [2.45, 2.75) is 4.75 Å². The lowest BCUT2D eigenvalue weighted by molar-refractivity contribution is 0.440. The molecule has 0 aliphatic carbocycles. The SMILES string of the molecule is O=S(=O)(O)C(c1ccccc1O)(c1cccc(Cl)c1Cl)c1ccc(O)c(Cl)c1Cl. The Morgan fingerprint density at radius 1 is 0.655 bits per heavy atom. The average Bonchev–Trinajstić information content (AvgIpc) is 2.65. The number of benzene rings is 3. The summed E-state index contributed by atoms with van der Waals surface area (Å²) in [6.07, 6.45) is 0. The number of hydrogen-bond donors (Lipinski definition) is 3. The number of halogens is 4. The van der Waals surface area contributed by atoms with Gasteiger partial charge in [-0.15, -0.1) is 0 Å². The third-order valence-electron chi connectivity index (χ3n) is 4.44. The van der Waals surface area contributed by atoms with Gasteiger partial charge in [0, 0.05) is 16.7 Å². The van der Waals surface area contributed by atoms with Crippen molar-refractivity contribution < 1.29 is 23.2 Å². The Hall–Kier alpha value is -1.67. The topological polar surface area (TPSA) is 94.8 Å². The summed E-state index contributed by atoms with van der Waals surface area (Å²) in [5, 5.41) is 19.5. The molecule has 0 bridgehead atoms. The maximum Gasteiger partial charge on any atom is 0.283 e. The van der Waals surface area contributed by atoms with E-state index in [0.29, 0.717) is 0 Å². The molecule has 3 N–H and O–H groups in total. The fraction of sp³-hybridized carbons (Fsp3) is 0.0526. The van der Waals surface area contributed by atoms with Gasteiger partial charge in [0.25, 0.3) is 10.1 Å². The molecule has 0 aliphatic rings. The van der Waals surface area contributed by atoms with Crippen LogP contribution in [-0.2, 0) is 14.9 Å². The van der Waals surface area contributed by atoms with E-state index in [1.165, 1.54) is 48.5 Å². The second-order valence-corrected chi connectivity index (χ2v) is 9.14. The van der Waals surface area contributed by atoms with Crippen molar-refractivity contribution in [3.63, 3.8) is 0 Å². The maximum atomic E-state index is 13.0. The first kappa shape index (κ1) is 22.0. The first-order valence-electron chi connectivity index (χ1n) is 7.91. The van der Waals surface area contributed by atoms with Crippen LogP contribution in [0.4, 0.5) is 0 Å². The number of para-hydroxylation sites is 1. The molecule has 29 heavy (non-hydrogen) atoms. The molecule has 0 amide bonds. The van der Waals surface area contributed by atoms with Gasteiger partial charge in [0.15, 0.2) is 4.75 Å². The zero-order valence-corrected chi connectivity index (χ0v) is 18.1. The van der Waals surface area contributed by atoms with E-state index >= 15 is 0 Å². The molecule has 152 valence electrons. The van der Waals surface area contributed by atoms with E-state index in [2.05, 4.69) is 0 Å². The number of phenols is 2. The molecular weight excluding hydrogens is 482 g/mol. The highest BCUT2D eigenvalue weighted by molar-refractivity contribution is 7.87. The van der Waals surface area contributed by atoms with Crippen LogP contribution in [0, 0.1) is 0 Å². The standard InChI is InChI=1S/C19H12Cl4O5S/c20-13-6-3-5-11(16(13)21)19(29(26,27)28,10-4-1-2-7-14(10)24)12-8-9-15(25)18(23)17(12)22/h1-9,24-25H,(H,26,27,28). The summed E-state index contributed by atoms with van der Waals surface area (Å²) in [6, 6.07) is 11.9. The van der Waals surface area contributed by atoms with E-state index in [0.717, 1.165) is 6.07 Å². The molecule has 3 aromatic carbocycles. The molecule has 0 saturated heterocycles. The molecule has 0 heterocycles. The summed E-state index contributed by atoms with van der Waals surface area (Å²) in [5.74, 6) is -0.861. The summed E-state index contributed by atoms with van der Waals surface area (Å²) in [7, 11) is -5.13. The molecule has 0 aliphatic heterocycles. The Bertz CT molecular complexity index is 1210. The van der Waals surface area contributed by atoms with Crippen LogP contribution in [0.2, 0.25) is 20.1 Å². The maximum absolute atomic E-state index is 13.0. The Kier molecular flexibility index (Phi) is 5.98. The zero-order chi connectivity index (χ0) is 21.6. The quantitative estimate of drug-likeness (QED) is 0.311. The largest absolute Gasteiger partial charge is 0.508 e. The molecule has 3 rings (SSSR count). The molecule has 3 aromatic rings. The van der Waals surface area contributed by atoms with Crippen molar-refractivity contribution in [2.24, 2.45) is 0 Å². The number of aromatic hydroxyl groups is 2. The van der Waals surface area contributed by atoms with Gasteiger partial charge in [-0.25, -0.2) is 0 Å².